The number of aromatic nitrogens is 5. The number of H-pyrrole nitrogens is 1. The molecule has 4 aromatic rings. The van der Waals surface area contributed by atoms with E-state index >= 15 is 0 Å². The molecule has 1 saturated carbocycles. The Morgan fingerprint density at radius 2 is 1.90 bits per heavy atom. The summed E-state index contributed by atoms with van der Waals surface area (Å²) >= 11 is 0. The number of fused-ring (bicyclic) bond motifs is 1. The molecule has 0 unspecified atom stereocenters. The minimum atomic E-state index is 0.267. The Balaban J connectivity index is 1.22. The molecule has 1 aliphatic carbocycles. The fraction of sp³-hybridized carbons (Fsp3) is 0.391. The van der Waals surface area contributed by atoms with Gasteiger partial charge in [0, 0.05) is 30.3 Å². The second-order valence-corrected chi connectivity index (χ2v) is 8.44. The molecule has 3 heterocycles. The van der Waals surface area contributed by atoms with Gasteiger partial charge < -0.3 is 14.2 Å². The highest BCUT2D eigenvalue weighted by Crippen LogP contribution is 2.34. The predicted octanol–water partition coefficient (Wildman–Crippen LogP) is 4.07. The van der Waals surface area contributed by atoms with E-state index in [4.69, 9.17) is 9.26 Å². The number of nitrogens with one attached hydrogen (secondary N) is 1. The highest BCUT2D eigenvalue weighted by molar-refractivity contribution is 5.94. The molecular weight excluding hydrogens is 392 g/mol. The monoisotopic (exact) mass is 416 g/mol. The fourth-order valence-electron chi connectivity index (χ4n) is 4.59. The zero-order valence-corrected chi connectivity index (χ0v) is 17.2. The third kappa shape index (κ3) is 3.57. The molecule has 1 saturated heterocycles. The average molecular weight is 416 g/mol. The van der Waals surface area contributed by atoms with Gasteiger partial charge in [0.2, 0.25) is 5.82 Å². The van der Waals surface area contributed by atoms with Gasteiger partial charge in [-0.25, -0.2) is 0 Å². The first-order valence-electron chi connectivity index (χ1n) is 11.0. The van der Waals surface area contributed by atoms with Gasteiger partial charge in [0.05, 0.1) is 5.39 Å². The number of benzene rings is 2. The van der Waals surface area contributed by atoms with Crippen LogP contribution in [-0.2, 0) is 0 Å². The van der Waals surface area contributed by atoms with Crippen LogP contribution in [0.25, 0.3) is 33.6 Å². The lowest BCUT2D eigenvalue weighted by atomic mass is 9.90. The number of aromatic amines is 1. The van der Waals surface area contributed by atoms with Crippen molar-refractivity contribution < 1.29 is 9.26 Å². The Morgan fingerprint density at radius 3 is 2.68 bits per heavy atom. The summed E-state index contributed by atoms with van der Waals surface area (Å²) in [6, 6.07) is 14.7. The maximum Gasteiger partial charge on any atom is 0.204 e. The van der Waals surface area contributed by atoms with Crippen LogP contribution in [0.4, 0.5) is 0 Å². The number of ether oxygens (including phenoxy) is 1. The van der Waals surface area contributed by atoms with Crippen LogP contribution in [0.3, 0.4) is 0 Å². The molecule has 2 aromatic heterocycles. The SMILES string of the molecule is c1cc(OC2CCN(C3CCC3)CC2)cc(-c2onc3ccc(-c4nn[nH]n4)cc23)c1. The molecule has 31 heavy (non-hydrogen) atoms. The maximum absolute atomic E-state index is 6.35. The van der Waals surface area contributed by atoms with Gasteiger partial charge in [0.25, 0.3) is 0 Å². The number of tetrazole rings is 1. The van der Waals surface area contributed by atoms with Crippen LogP contribution in [0, 0.1) is 0 Å². The van der Waals surface area contributed by atoms with Gasteiger partial charge in [-0.05, 0) is 61.2 Å². The maximum atomic E-state index is 6.35. The first-order valence-corrected chi connectivity index (χ1v) is 11.0. The molecule has 0 spiro atoms. The third-order valence-corrected chi connectivity index (χ3v) is 6.55. The molecule has 8 heteroatoms. The standard InChI is InChI=1S/C23H24N6O2/c1-3-15(13-19(6-1)30-18-9-11-29(12-10-18)17-4-2-5-17)22-20-14-16(23-24-27-28-25-23)7-8-21(20)26-31-22/h1,3,6-8,13-14,17-18H,2,4-5,9-12H2,(H,24,25,27,28). The zero-order valence-electron chi connectivity index (χ0n) is 17.2. The molecule has 0 atom stereocenters. The van der Waals surface area contributed by atoms with Crippen molar-refractivity contribution in [2.75, 3.05) is 13.1 Å². The van der Waals surface area contributed by atoms with E-state index in [1.807, 2.05) is 42.5 Å². The van der Waals surface area contributed by atoms with E-state index in [1.54, 1.807) is 0 Å². The van der Waals surface area contributed by atoms with Crippen molar-refractivity contribution in [1.82, 2.24) is 30.7 Å². The Kier molecular flexibility index (Phi) is 4.64. The lowest BCUT2D eigenvalue weighted by molar-refractivity contribution is 0.0493. The van der Waals surface area contributed by atoms with E-state index in [0.717, 1.165) is 59.8 Å². The minimum absolute atomic E-state index is 0.267. The number of likely N-dealkylation sites (tertiary alicyclic amines) is 1. The number of piperidine rings is 1. The summed E-state index contributed by atoms with van der Waals surface area (Å²) in [6.45, 7) is 2.28. The molecule has 1 N–H and O–H groups in total. The fourth-order valence-corrected chi connectivity index (χ4v) is 4.59. The molecule has 1 aliphatic heterocycles. The normalized spacial score (nSPS) is 18.3. The summed E-state index contributed by atoms with van der Waals surface area (Å²) in [5.74, 6) is 2.13. The van der Waals surface area contributed by atoms with Gasteiger partial charge in [-0.1, -0.05) is 23.7 Å². The highest BCUT2D eigenvalue weighted by Gasteiger charge is 2.29. The van der Waals surface area contributed by atoms with Gasteiger partial charge in [-0.2, -0.15) is 5.21 Å². The van der Waals surface area contributed by atoms with Crippen LogP contribution < -0.4 is 4.74 Å². The summed E-state index contributed by atoms with van der Waals surface area (Å²) < 4.78 is 12.0. The predicted molar refractivity (Wildman–Crippen MR) is 115 cm³/mol. The molecule has 0 radical (unpaired) electrons. The number of rotatable bonds is 5. The molecule has 0 bridgehead atoms. The van der Waals surface area contributed by atoms with Crippen molar-refractivity contribution in [3.8, 4) is 28.5 Å². The molecule has 2 aromatic carbocycles. The third-order valence-electron chi connectivity index (χ3n) is 6.55. The van der Waals surface area contributed by atoms with E-state index in [0.29, 0.717) is 11.6 Å². The molecule has 0 amide bonds. The van der Waals surface area contributed by atoms with Crippen molar-refractivity contribution in [1.29, 1.82) is 0 Å². The van der Waals surface area contributed by atoms with Gasteiger partial charge in [0.1, 0.15) is 17.4 Å². The summed E-state index contributed by atoms with van der Waals surface area (Å²) in [7, 11) is 0. The van der Waals surface area contributed by atoms with E-state index in [-0.39, 0.29) is 6.10 Å². The summed E-state index contributed by atoms with van der Waals surface area (Å²) in [5, 5.41) is 19.4. The van der Waals surface area contributed by atoms with E-state index in [1.165, 1.54) is 19.3 Å². The Morgan fingerprint density at radius 1 is 1.00 bits per heavy atom. The van der Waals surface area contributed by atoms with Crippen molar-refractivity contribution in [2.45, 2.75) is 44.2 Å². The van der Waals surface area contributed by atoms with Gasteiger partial charge in [0.15, 0.2) is 5.76 Å². The summed E-state index contributed by atoms with van der Waals surface area (Å²) in [4.78, 5) is 2.64. The smallest absolute Gasteiger partial charge is 0.204 e. The number of nitrogens with zero attached hydrogens (tertiary/aromatic N) is 5. The lowest BCUT2D eigenvalue weighted by Gasteiger charge is -2.41. The van der Waals surface area contributed by atoms with Gasteiger partial charge in [-0.15, -0.1) is 10.2 Å². The number of hydrogen-bond acceptors (Lipinski definition) is 7. The van der Waals surface area contributed by atoms with Crippen LogP contribution in [0.15, 0.2) is 47.0 Å². The largest absolute Gasteiger partial charge is 0.490 e. The van der Waals surface area contributed by atoms with E-state index in [9.17, 15) is 0 Å². The quantitative estimate of drug-likeness (QED) is 0.524. The van der Waals surface area contributed by atoms with Crippen LogP contribution in [0.5, 0.6) is 5.75 Å². The van der Waals surface area contributed by atoms with Crippen LogP contribution in [-0.4, -0.2) is 55.9 Å². The second kappa shape index (κ2) is 7.77. The topological polar surface area (TPSA) is 93.0 Å². The zero-order chi connectivity index (χ0) is 20.6. The van der Waals surface area contributed by atoms with Crippen molar-refractivity contribution in [3.05, 3.63) is 42.5 Å². The van der Waals surface area contributed by atoms with Gasteiger partial charge >= 0.3 is 0 Å². The lowest BCUT2D eigenvalue weighted by Crippen LogP contribution is -2.46. The highest BCUT2D eigenvalue weighted by atomic mass is 16.5. The van der Waals surface area contributed by atoms with E-state index in [2.05, 4.69) is 30.7 Å². The molecule has 158 valence electrons. The Hall–Kier alpha value is -3.26. The van der Waals surface area contributed by atoms with E-state index < -0.39 is 0 Å². The summed E-state index contributed by atoms with van der Waals surface area (Å²) in [6.07, 6.45) is 6.56. The molecule has 2 aliphatic rings. The number of hydrogen-bond donors (Lipinski definition) is 1. The van der Waals surface area contributed by atoms with Crippen molar-refractivity contribution >= 4 is 10.9 Å². The second-order valence-electron chi connectivity index (χ2n) is 8.44. The molecular formula is C23H24N6O2. The Labute approximate surface area is 179 Å². The van der Waals surface area contributed by atoms with Crippen LogP contribution >= 0.6 is 0 Å². The minimum Gasteiger partial charge on any atom is -0.490 e. The van der Waals surface area contributed by atoms with Crippen molar-refractivity contribution in [2.24, 2.45) is 0 Å². The summed E-state index contributed by atoms with van der Waals surface area (Å²) in [5.41, 5.74) is 2.59. The van der Waals surface area contributed by atoms with Crippen LogP contribution in [0.2, 0.25) is 0 Å². The molecule has 6 rings (SSSR count). The van der Waals surface area contributed by atoms with Gasteiger partial charge in [-0.3, -0.25) is 0 Å². The molecule has 2 fully saturated rings. The first-order chi connectivity index (χ1) is 15.3. The molecule has 8 nitrogen and oxygen atoms in total. The van der Waals surface area contributed by atoms with Crippen LogP contribution in [0.1, 0.15) is 32.1 Å². The first kappa shape index (κ1) is 18.5. The Bertz CT molecular complexity index is 1180. The van der Waals surface area contributed by atoms with Crippen molar-refractivity contribution in [3.63, 3.8) is 0 Å². The average Bonchev–Trinajstić information content (AvgIpc) is 3.44.